The zero-order chi connectivity index (χ0) is 19.4. The monoisotopic (exact) mass is 606 g/mol. The summed E-state index contributed by atoms with van der Waals surface area (Å²) in [6.45, 7) is 0. The molecule has 1 aliphatic rings. The molecule has 1 aliphatic heterocycles. The maximum Gasteiger partial charge on any atom is 0.299 e. The molecule has 0 atom stereocenters. The van der Waals surface area contributed by atoms with E-state index in [0.717, 1.165) is 3.57 Å². The van der Waals surface area contributed by atoms with Crippen LogP contribution >= 0.6 is 45.2 Å². The Labute approximate surface area is 183 Å². The predicted octanol–water partition coefficient (Wildman–Crippen LogP) is 4.32. The summed E-state index contributed by atoms with van der Waals surface area (Å²) >= 11 is 4.14. The molecule has 3 aromatic rings. The van der Waals surface area contributed by atoms with Gasteiger partial charge in [-0.2, -0.15) is 8.42 Å². The molecule has 27 heavy (non-hydrogen) atoms. The van der Waals surface area contributed by atoms with Crippen LogP contribution in [0.2, 0.25) is 0 Å². The van der Waals surface area contributed by atoms with Crippen molar-refractivity contribution in [3.8, 4) is 11.5 Å². The topological polar surface area (TPSA) is 83.8 Å². The molecule has 0 aliphatic carbocycles. The molecule has 0 bridgehead atoms. The minimum absolute atomic E-state index is 0.0675. The highest BCUT2D eigenvalue weighted by Crippen LogP contribution is 2.52. The van der Waals surface area contributed by atoms with Gasteiger partial charge in [-0.3, -0.25) is 0 Å². The van der Waals surface area contributed by atoms with E-state index in [4.69, 9.17) is 4.18 Å². The summed E-state index contributed by atoms with van der Waals surface area (Å²) < 4.78 is 33.2. The molecule has 4 rings (SSSR count). The van der Waals surface area contributed by atoms with Crippen molar-refractivity contribution >= 4 is 55.3 Å². The minimum atomic E-state index is -4.01. The molecule has 5 nitrogen and oxygen atoms in total. The van der Waals surface area contributed by atoms with E-state index in [1.54, 1.807) is 36.4 Å². The molecular formula is C19H12I2O5S. The van der Waals surface area contributed by atoms with Gasteiger partial charge in [-0.25, -0.2) is 4.18 Å². The predicted molar refractivity (Wildman–Crippen MR) is 116 cm³/mol. The van der Waals surface area contributed by atoms with Crippen LogP contribution in [0.5, 0.6) is 11.5 Å². The van der Waals surface area contributed by atoms with Crippen molar-refractivity contribution in [2.75, 3.05) is 0 Å². The van der Waals surface area contributed by atoms with E-state index in [9.17, 15) is 18.6 Å². The maximum absolute atomic E-state index is 13.0. The zero-order valence-corrected chi connectivity index (χ0v) is 18.7. The Bertz CT molecular complexity index is 1090. The van der Waals surface area contributed by atoms with E-state index < -0.39 is 15.7 Å². The van der Waals surface area contributed by atoms with E-state index in [0.29, 0.717) is 20.3 Å². The van der Waals surface area contributed by atoms with Gasteiger partial charge in [-0.1, -0.05) is 24.3 Å². The fourth-order valence-corrected chi connectivity index (χ4v) is 7.41. The molecule has 3 aromatic carbocycles. The van der Waals surface area contributed by atoms with Gasteiger partial charge in [-0.15, -0.1) is 0 Å². The third-order valence-electron chi connectivity index (χ3n) is 4.42. The summed E-state index contributed by atoms with van der Waals surface area (Å²) in [5.41, 5.74) is 0.226. The summed E-state index contributed by atoms with van der Waals surface area (Å²) in [6.07, 6.45) is 0. The van der Waals surface area contributed by atoms with Gasteiger partial charge in [0.2, 0.25) is 0 Å². The molecular weight excluding hydrogens is 594 g/mol. The first-order chi connectivity index (χ1) is 12.7. The quantitative estimate of drug-likeness (QED) is 0.336. The first kappa shape index (κ1) is 19.0. The van der Waals surface area contributed by atoms with Gasteiger partial charge in [0.15, 0.2) is 5.60 Å². The van der Waals surface area contributed by atoms with Crippen LogP contribution in [-0.2, 0) is 19.9 Å². The van der Waals surface area contributed by atoms with Crippen LogP contribution in [-0.4, -0.2) is 18.6 Å². The van der Waals surface area contributed by atoms with Crippen molar-refractivity contribution in [1.29, 1.82) is 0 Å². The number of halogens is 2. The largest absolute Gasteiger partial charge is 0.508 e. The Morgan fingerprint density at radius 3 is 1.78 bits per heavy atom. The third-order valence-corrected chi connectivity index (χ3v) is 7.67. The van der Waals surface area contributed by atoms with E-state index in [1.807, 2.05) is 22.6 Å². The van der Waals surface area contributed by atoms with Crippen LogP contribution in [0, 0.1) is 7.14 Å². The highest BCUT2D eigenvalue weighted by atomic mass is 127. The van der Waals surface area contributed by atoms with Crippen molar-refractivity contribution in [3.63, 3.8) is 0 Å². The molecule has 138 valence electrons. The highest BCUT2D eigenvalue weighted by molar-refractivity contribution is 14.1. The Balaban J connectivity index is 2.13. The molecule has 2 N–H and O–H groups in total. The van der Waals surface area contributed by atoms with Crippen LogP contribution in [0.25, 0.3) is 0 Å². The van der Waals surface area contributed by atoms with E-state index in [-0.39, 0.29) is 16.4 Å². The summed E-state index contributed by atoms with van der Waals surface area (Å²) in [5, 5.41) is 19.4. The Kier molecular flexibility index (Phi) is 4.64. The summed E-state index contributed by atoms with van der Waals surface area (Å²) in [7, 11) is -4.01. The van der Waals surface area contributed by atoms with Crippen LogP contribution in [0.15, 0.2) is 65.6 Å². The average molecular weight is 606 g/mol. The lowest BCUT2D eigenvalue weighted by atomic mass is 9.80. The highest BCUT2D eigenvalue weighted by Gasteiger charge is 2.52. The number of hydrogen-bond acceptors (Lipinski definition) is 5. The lowest BCUT2D eigenvalue weighted by Gasteiger charge is -2.29. The minimum Gasteiger partial charge on any atom is -0.508 e. The molecule has 1 heterocycles. The number of aromatic hydroxyl groups is 2. The molecule has 0 saturated carbocycles. The number of fused-ring (bicyclic) bond motifs is 1. The van der Waals surface area contributed by atoms with Crippen molar-refractivity contribution in [3.05, 3.63) is 84.5 Å². The Morgan fingerprint density at radius 1 is 0.815 bits per heavy atom. The Morgan fingerprint density at radius 2 is 1.30 bits per heavy atom. The number of phenols is 2. The van der Waals surface area contributed by atoms with Gasteiger partial charge >= 0.3 is 0 Å². The second kappa shape index (κ2) is 6.61. The third kappa shape index (κ3) is 3.02. The molecule has 0 unspecified atom stereocenters. The molecule has 0 radical (unpaired) electrons. The van der Waals surface area contributed by atoms with Gasteiger partial charge in [0.05, 0.1) is 0 Å². The zero-order valence-electron chi connectivity index (χ0n) is 13.6. The van der Waals surface area contributed by atoms with Crippen LogP contribution in [0.4, 0.5) is 0 Å². The van der Waals surface area contributed by atoms with Gasteiger partial charge in [0.25, 0.3) is 10.1 Å². The molecule has 0 saturated heterocycles. The maximum atomic E-state index is 13.0. The first-order valence-electron chi connectivity index (χ1n) is 7.78. The van der Waals surface area contributed by atoms with E-state index >= 15 is 0 Å². The van der Waals surface area contributed by atoms with E-state index in [1.165, 1.54) is 24.3 Å². The van der Waals surface area contributed by atoms with Gasteiger partial charge in [-0.05, 0) is 92.7 Å². The molecule has 0 spiro atoms. The Hall–Kier alpha value is -1.37. The molecule has 0 fully saturated rings. The fraction of sp³-hybridized carbons (Fsp3) is 0.0526. The number of rotatable bonds is 2. The van der Waals surface area contributed by atoms with Crippen molar-refractivity contribution in [2.45, 2.75) is 10.5 Å². The number of phenolic OH excluding ortho intramolecular Hbond substituents is 2. The SMILES string of the molecule is O=S1(=O)OC(c2ccc(O)cc2)(c2ccc(O)cc2)c2cc(I)cc(I)c21. The first-order valence-corrected chi connectivity index (χ1v) is 11.3. The van der Waals surface area contributed by atoms with Crippen molar-refractivity contribution in [2.24, 2.45) is 0 Å². The van der Waals surface area contributed by atoms with Crippen LogP contribution in [0.3, 0.4) is 0 Å². The standard InChI is InChI=1S/C19H12I2O5S/c20-13-9-16-18(17(21)10-13)27(24,25)26-19(16,11-1-5-14(22)6-2-11)12-3-7-15(23)8-4-12/h1-10,22-23H. The second-order valence-electron chi connectivity index (χ2n) is 6.08. The van der Waals surface area contributed by atoms with Crippen molar-refractivity contribution in [1.82, 2.24) is 0 Å². The summed E-state index contributed by atoms with van der Waals surface area (Å²) in [6, 6.07) is 16.1. The lowest BCUT2D eigenvalue weighted by molar-refractivity contribution is 0.180. The van der Waals surface area contributed by atoms with Gasteiger partial charge < -0.3 is 10.2 Å². The number of hydrogen-bond donors (Lipinski definition) is 2. The van der Waals surface area contributed by atoms with Crippen molar-refractivity contribution < 1.29 is 22.8 Å². The molecule has 0 aromatic heterocycles. The average Bonchev–Trinajstić information content (AvgIpc) is 2.84. The van der Waals surface area contributed by atoms with Gasteiger partial charge in [0.1, 0.15) is 16.4 Å². The molecule has 8 heteroatoms. The summed E-state index contributed by atoms with van der Waals surface area (Å²) in [4.78, 5) is 0.143. The second-order valence-corrected chi connectivity index (χ2v) is 9.97. The molecule has 0 amide bonds. The van der Waals surface area contributed by atoms with Crippen LogP contribution in [0.1, 0.15) is 16.7 Å². The normalized spacial score (nSPS) is 16.8. The fourth-order valence-electron chi connectivity index (χ4n) is 3.29. The lowest BCUT2D eigenvalue weighted by Crippen LogP contribution is -2.29. The van der Waals surface area contributed by atoms with E-state index in [2.05, 4.69) is 22.6 Å². The summed E-state index contributed by atoms with van der Waals surface area (Å²) in [5.74, 6) is 0.135. The smallest absolute Gasteiger partial charge is 0.299 e. The van der Waals surface area contributed by atoms with Crippen LogP contribution < -0.4 is 0 Å². The van der Waals surface area contributed by atoms with Gasteiger partial charge in [0, 0.05) is 12.7 Å². The number of benzene rings is 3.